The van der Waals surface area contributed by atoms with E-state index in [1.54, 1.807) is 0 Å². The first kappa shape index (κ1) is 17.6. The third kappa shape index (κ3) is 4.13. The van der Waals surface area contributed by atoms with Gasteiger partial charge in [-0.3, -0.25) is 4.79 Å². The molecule has 2 N–H and O–H groups in total. The molecule has 2 aromatic heterocycles. The summed E-state index contributed by atoms with van der Waals surface area (Å²) >= 11 is 0. The van der Waals surface area contributed by atoms with Gasteiger partial charge in [-0.2, -0.15) is 0 Å². The maximum atomic E-state index is 12.8. The fraction of sp³-hybridized carbons (Fsp3) is 0.364. The van der Waals surface area contributed by atoms with Gasteiger partial charge in [0.1, 0.15) is 5.65 Å². The van der Waals surface area contributed by atoms with Gasteiger partial charge in [0.05, 0.1) is 17.8 Å². The van der Waals surface area contributed by atoms with Crippen molar-refractivity contribution in [1.29, 1.82) is 0 Å². The number of carbonyl (C=O) groups excluding carboxylic acids is 1. The summed E-state index contributed by atoms with van der Waals surface area (Å²) in [6, 6.07) is 13.9. The summed E-state index contributed by atoms with van der Waals surface area (Å²) in [5.41, 5.74) is 3.40. The number of pyridine rings is 1. The fourth-order valence-corrected chi connectivity index (χ4v) is 3.76. The Balaban J connectivity index is 1.43. The molecule has 0 aliphatic heterocycles. The number of benzene rings is 1. The Morgan fingerprint density at radius 2 is 1.89 bits per heavy atom. The van der Waals surface area contributed by atoms with Crippen molar-refractivity contribution in [3.8, 4) is 0 Å². The molecule has 1 saturated carbocycles. The Morgan fingerprint density at radius 1 is 1.11 bits per heavy atom. The van der Waals surface area contributed by atoms with Gasteiger partial charge in [-0.15, -0.1) is 0 Å². The lowest BCUT2D eigenvalue weighted by Gasteiger charge is -2.27. The molecule has 140 valence electrons. The Labute approximate surface area is 159 Å². The van der Waals surface area contributed by atoms with E-state index in [1.165, 1.54) is 12.8 Å². The third-order valence-electron chi connectivity index (χ3n) is 5.40. The van der Waals surface area contributed by atoms with Crippen LogP contribution in [0.2, 0.25) is 0 Å². The standard InChI is InChI=1S/C22H26N4O/c1-16-9-11-17(12-10-16)25-22(27)19-6-2-3-7-20(19)23-14-18-15-26-13-5-4-8-21(26)24-18/h2-8,13,15-17,23H,9-12,14H2,1H3,(H,25,27). The second-order valence-corrected chi connectivity index (χ2v) is 7.53. The van der Waals surface area contributed by atoms with Gasteiger partial charge in [0.15, 0.2) is 0 Å². The minimum Gasteiger partial charge on any atom is -0.379 e. The molecule has 0 unspecified atom stereocenters. The number of fused-ring (bicyclic) bond motifs is 1. The summed E-state index contributed by atoms with van der Waals surface area (Å²) in [5, 5.41) is 6.60. The smallest absolute Gasteiger partial charge is 0.253 e. The highest BCUT2D eigenvalue weighted by molar-refractivity contribution is 5.99. The number of nitrogens with zero attached hydrogens (tertiary/aromatic N) is 2. The molecule has 1 aliphatic rings. The molecule has 0 spiro atoms. The molecule has 27 heavy (non-hydrogen) atoms. The molecular weight excluding hydrogens is 336 g/mol. The predicted octanol–water partition coefficient (Wildman–Crippen LogP) is 4.25. The first-order chi connectivity index (χ1) is 13.2. The number of aromatic nitrogens is 2. The summed E-state index contributed by atoms with van der Waals surface area (Å²) in [7, 11) is 0. The van der Waals surface area contributed by atoms with Crippen LogP contribution in [0.25, 0.3) is 5.65 Å². The van der Waals surface area contributed by atoms with Crippen LogP contribution < -0.4 is 10.6 Å². The summed E-state index contributed by atoms with van der Waals surface area (Å²) < 4.78 is 2.00. The zero-order valence-electron chi connectivity index (χ0n) is 15.7. The highest BCUT2D eigenvalue weighted by atomic mass is 16.1. The Bertz CT molecular complexity index is 892. The summed E-state index contributed by atoms with van der Waals surface area (Å²) in [6.45, 7) is 2.86. The van der Waals surface area contributed by atoms with Gasteiger partial charge in [0, 0.05) is 24.1 Å². The normalized spacial score (nSPS) is 19.7. The zero-order chi connectivity index (χ0) is 18.6. The van der Waals surface area contributed by atoms with Gasteiger partial charge < -0.3 is 15.0 Å². The van der Waals surface area contributed by atoms with Gasteiger partial charge in [0.2, 0.25) is 0 Å². The first-order valence-electron chi connectivity index (χ1n) is 9.75. The van der Waals surface area contributed by atoms with Crippen molar-refractivity contribution in [2.24, 2.45) is 5.92 Å². The highest BCUT2D eigenvalue weighted by Gasteiger charge is 2.21. The molecule has 5 nitrogen and oxygen atoms in total. The molecule has 0 bridgehead atoms. The Morgan fingerprint density at radius 3 is 2.70 bits per heavy atom. The molecule has 1 aliphatic carbocycles. The largest absolute Gasteiger partial charge is 0.379 e. The topological polar surface area (TPSA) is 58.4 Å². The molecule has 0 radical (unpaired) electrons. The molecule has 2 heterocycles. The molecule has 4 rings (SSSR count). The van der Waals surface area contributed by atoms with Crippen LogP contribution in [0.3, 0.4) is 0 Å². The molecule has 3 aromatic rings. The average Bonchev–Trinajstić information content (AvgIpc) is 3.11. The number of hydrogen-bond donors (Lipinski definition) is 2. The van der Waals surface area contributed by atoms with Gasteiger partial charge in [0.25, 0.3) is 5.91 Å². The number of rotatable bonds is 5. The number of carbonyl (C=O) groups is 1. The molecule has 5 heteroatoms. The third-order valence-corrected chi connectivity index (χ3v) is 5.40. The molecule has 1 amide bonds. The molecule has 0 atom stereocenters. The van der Waals surface area contributed by atoms with E-state index < -0.39 is 0 Å². The molecule has 0 saturated heterocycles. The lowest BCUT2D eigenvalue weighted by molar-refractivity contribution is 0.0924. The SMILES string of the molecule is CC1CCC(NC(=O)c2ccccc2NCc2cn3ccccc3n2)CC1. The van der Waals surface area contributed by atoms with Crippen molar-refractivity contribution in [1.82, 2.24) is 14.7 Å². The summed E-state index contributed by atoms with van der Waals surface area (Å²) in [4.78, 5) is 17.4. The number of nitrogens with one attached hydrogen (secondary N) is 2. The van der Waals surface area contributed by atoms with Crippen LogP contribution in [0.1, 0.15) is 48.7 Å². The number of hydrogen-bond acceptors (Lipinski definition) is 3. The van der Waals surface area contributed by atoms with Crippen LogP contribution in [-0.4, -0.2) is 21.3 Å². The van der Waals surface area contributed by atoms with Crippen LogP contribution in [0, 0.1) is 5.92 Å². The minimum atomic E-state index is 0.00709. The second kappa shape index (κ2) is 7.82. The van der Waals surface area contributed by atoms with E-state index in [0.717, 1.165) is 35.8 Å². The highest BCUT2D eigenvalue weighted by Crippen LogP contribution is 2.24. The van der Waals surface area contributed by atoms with E-state index in [2.05, 4.69) is 22.5 Å². The van der Waals surface area contributed by atoms with Gasteiger partial charge in [-0.1, -0.05) is 25.1 Å². The fourth-order valence-electron chi connectivity index (χ4n) is 3.76. The van der Waals surface area contributed by atoms with Crippen LogP contribution in [0.15, 0.2) is 54.9 Å². The quantitative estimate of drug-likeness (QED) is 0.713. The van der Waals surface area contributed by atoms with Crippen LogP contribution in [0.4, 0.5) is 5.69 Å². The second-order valence-electron chi connectivity index (χ2n) is 7.53. The lowest BCUT2D eigenvalue weighted by atomic mass is 9.87. The van der Waals surface area contributed by atoms with Gasteiger partial charge in [-0.25, -0.2) is 4.98 Å². The molecule has 1 fully saturated rings. The monoisotopic (exact) mass is 362 g/mol. The molecular formula is C22H26N4O. The number of para-hydroxylation sites is 1. The van der Waals surface area contributed by atoms with Crippen LogP contribution >= 0.6 is 0 Å². The van der Waals surface area contributed by atoms with Crippen molar-refractivity contribution in [2.75, 3.05) is 5.32 Å². The van der Waals surface area contributed by atoms with Gasteiger partial charge in [-0.05, 0) is 55.9 Å². The van der Waals surface area contributed by atoms with E-state index >= 15 is 0 Å². The minimum absolute atomic E-state index is 0.00709. The van der Waals surface area contributed by atoms with Crippen molar-refractivity contribution in [2.45, 2.75) is 45.2 Å². The maximum absolute atomic E-state index is 12.8. The van der Waals surface area contributed by atoms with Crippen molar-refractivity contribution >= 4 is 17.2 Å². The van der Waals surface area contributed by atoms with Crippen molar-refractivity contribution in [3.63, 3.8) is 0 Å². The zero-order valence-corrected chi connectivity index (χ0v) is 15.7. The summed E-state index contributed by atoms with van der Waals surface area (Å²) in [6.07, 6.45) is 8.53. The summed E-state index contributed by atoms with van der Waals surface area (Å²) in [5.74, 6) is 0.783. The van der Waals surface area contributed by atoms with Crippen LogP contribution in [-0.2, 0) is 6.54 Å². The van der Waals surface area contributed by atoms with E-state index in [-0.39, 0.29) is 5.91 Å². The van der Waals surface area contributed by atoms with Crippen molar-refractivity contribution < 1.29 is 4.79 Å². The molecule has 1 aromatic carbocycles. The Kier molecular flexibility index (Phi) is 5.10. The van der Waals surface area contributed by atoms with E-state index in [1.807, 2.05) is 59.3 Å². The number of amides is 1. The Hall–Kier alpha value is -2.82. The first-order valence-corrected chi connectivity index (χ1v) is 9.75. The predicted molar refractivity (Wildman–Crippen MR) is 108 cm³/mol. The maximum Gasteiger partial charge on any atom is 0.253 e. The van der Waals surface area contributed by atoms with E-state index in [0.29, 0.717) is 18.2 Å². The number of imidazole rings is 1. The lowest BCUT2D eigenvalue weighted by Crippen LogP contribution is -2.37. The van der Waals surface area contributed by atoms with E-state index in [9.17, 15) is 4.79 Å². The average molecular weight is 362 g/mol. The van der Waals surface area contributed by atoms with Crippen LogP contribution in [0.5, 0.6) is 0 Å². The van der Waals surface area contributed by atoms with Crippen molar-refractivity contribution in [3.05, 3.63) is 66.1 Å². The van der Waals surface area contributed by atoms with Gasteiger partial charge >= 0.3 is 0 Å². The number of anilines is 1. The van der Waals surface area contributed by atoms with E-state index in [4.69, 9.17) is 0 Å².